The van der Waals surface area contributed by atoms with E-state index < -0.39 is 23.2 Å². The van der Waals surface area contributed by atoms with Crippen molar-refractivity contribution in [2.45, 2.75) is 13.8 Å². The van der Waals surface area contributed by atoms with E-state index in [1.54, 1.807) is 13.8 Å². The van der Waals surface area contributed by atoms with Crippen LogP contribution in [0.5, 0.6) is 0 Å². The summed E-state index contributed by atoms with van der Waals surface area (Å²) < 4.78 is 27.5. The Balaban J connectivity index is 1.80. The molecule has 1 heterocycles. The van der Waals surface area contributed by atoms with Gasteiger partial charge in [-0.2, -0.15) is 0 Å². The highest BCUT2D eigenvalue weighted by Crippen LogP contribution is 2.29. The highest BCUT2D eigenvalue weighted by Gasteiger charge is 2.24. The van der Waals surface area contributed by atoms with E-state index in [4.69, 9.17) is 0 Å². The summed E-state index contributed by atoms with van der Waals surface area (Å²) in [7, 11) is 0. The molecule has 3 aromatic rings. The Labute approximate surface area is 171 Å². The van der Waals surface area contributed by atoms with Crippen molar-refractivity contribution >= 4 is 28.8 Å². The third kappa shape index (κ3) is 4.65. The summed E-state index contributed by atoms with van der Waals surface area (Å²) in [6, 6.07) is 12.6. The standard InChI is InChI=1S/C21H19F2N3O2S/c1-3-26(12-17(27)25-19-15(22)10-7-11-16(19)23)21(28)20-18(24-13(2)29-20)14-8-5-4-6-9-14/h4-11H,3,12H2,1-2H3,(H,25,27). The van der Waals surface area contributed by atoms with Crippen LogP contribution in [0.25, 0.3) is 11.3 Å². The molecule has 0 unspecified atom stereocenters. The Hall–Kier alpha value is -3.13. The van der Waals surface area contributed by atoms with Crippen molar-refractivity contribution in [3.63, 3.8) is 0 Å². The average Bonchev–Trinajstić information content (AvgIpc) is 3.11. The Morgan fingerprint density at radius 1 is 1.07 bits per heavy atom. The molecule has 0 fully saturated rings. The maximum Gasteiger partial charge on any atom is 0.266 e. The molecule has 1 aromatic heterocycles. The van der Waals surface area contributed by atoms with Gasteiger partial charge >= 0.3 is 0 Å². The molecule has 150 valence electrons. The highest BCUT2D eigenvalue weighted by molar-refractivity contribution is 7.14. The lowest BCUT2D eigenvalue weighted by Gasteiger charge is -2.20. The largest absolute Gasteiger partial charge is 0.329 e. The predicted octanol–water partition coefficient (Wildman–Crippen LogP) is 4.50. The van der Waals surface area contributed by atoms with Crippen molar-refractivity contribution in [1.29, 1.82) is 0 Å². The number of rotatable bonds is 6. The molecule has 8 heteroatoms. The molecule has 0 aliphatic heterocycles. The van der Waals surface area contributed by atoms with Gasteiger partial charge in [-0.3, -0.25) is 9.59 Å². The minimum absolute atomic E-state index is 0.247. The zero-order chi connectivity index (χ0) is 21.0. The fraction of sp³-hybridized carbons (Fsp3) is 0.190. The summed E-state index contributed by atoms with van der Waals surface area (Å²) in [4.78, 5) is 31.6. The second-order valence-corrected chi connectivity index (χ2v) is 7.44. The van der Waals surface area contributed by atoms with Gasteiger partial charge in [-0.25, -0.2) is 13.8 Å². The smallest absolute Gasteiger partial charge is 0.266 e. The molecule has 5 nitrogen and oxygen atoms in total. The van der Waals surface area contributed by atoms with Crippen LogP contribution in [-0.2, 0) is 4.79 Å². The summed E-state index contributed by atoms with van der Waals surface area (Å²) in [6.45, 7) is 3.44. The number of hydrogen-bond acceptors (Lipinski definition) is 4. The maximum absolute atomic E-state index is 13.8. The van der Waals surface area contributed by atoms with Gasteiger partial charge in [0.1, 0.15) is 28.7 Å². The van der Waals surface area contributed by atoms with Crippen molar-refractivity contribution in [1.82, 2.24) is 9.88 Å². The molecule has 0 bridgehead atoms. The topological polar surface area (TPSA) is 62.3 Å². The van der Waals surface area contributed by atoms with E-state index in [1.165, 1.54) is 22.3 Å². The summed E-state index contributed by atoms with van der Waals surface area (Å²) >= 11 is 1.24. The van der Waals surface area contributed by atoms with Crippen LogP contribution >= 0.6 is 11.3 Å². The number of amides is 2. The zero-order valence-corrected chi connectivity index (χ0v) is 16.7. The Kier molecular flexibility index (Phi) is 6.33. The first kappa shape index (κ1) is 20.6. The molecule has 0 aliphatic rings. The van der Waals surface area contributed by atoms with E-state index >= 15 is 0 Å². The lowest BCUT2D eigenvalue weighted by molar-refractivity contribution is -0.116. The van der Waals surface area contributed by atoms with Crippen molar-refractivity contribution in [2.75, 3.05) is 18.4 Å². The third-order valence-corrected chi connectivity index (χ3v) is 5.16. The zero-order valence-electron chi connectivity index (χ0n) is 15.9. The summed E-state index contributed by atoms with van der Waals surface area (Å²) in [5, 5.41) is 2.93. The number of carbonyl (C=O) groups excluding carboxylic acids is 2. The van der Waals surface area contributed by atoms with Crippen molar-refractivity contribution in [3.8, 4) is 11.3 Å². The van der Waals surface area contributed by atoms with Crippen molar-refractivity contribution < 1.29 is 18.4 Å². The first-order valence-corrected chi connectivity index (χ1v) is 9.78. The van der Waals surface area contributed by atoms with Crippen LogP contribution in [-0.4, -0.2) is 34.8 Å². The molecule has 29 heavy (non-hydrogen) atoms. The molecule has 1 N–H and O–H groups in total. The van der Waals surface area contributed by atoms with Gasteiger partial charge in [0.05, 0.1) is 10.7 Å². The van der Waals surface area contributed by atoms with Gasteiger partial charge in [0.25, 0.3) is 5.91 Å². The third-order valence-electron chi connectivity index (χ3n) is 4.21. The number of thiazole rings is 1. The quantitative estimate of drug-likeness (QED) is 0.645. The monoisotopic (exact) mass is 415 g/mol. The lowest BCUT2D eigenvalue weighted by atomic mass is 10.1. The molecule has 3 rings (SSSR count). The Morgan fingerprint density at radius 2 is 1.72 bits per heavy atom. The van der Waals surface area contributed by atoms with Gasteiger partial charge in [-0.1, -0.05) is 36.4 Å². The highest BCUT2D eigenvalue weighted by atomic mass is 32.1. The van der Waals surface area contributed by atoms with Gasteiger partial charge in [-0.15, -0.1) is 11.3 Å². The number of benzene rings is 2. The number of aryl methyl sites for hydroxylation is 1. The molecular weight excluding hydrogens is 396 g/mol. The number of likely N-dealkylation sites (N-methyl/N-ethyl adjacent to an activating group) is 1. The fourth-order valence-corrected chi connectivity index (χ4v) is 3.71. The molecule has 0 atom stereocenters. The molecule has 2 amide bonds. The van der Waals surface area contributed by atoms with Crippen LogP contribution in [0, 0.1) is 18.6 Å². The number of aromatic nitrogens is 1. The average molecular weight is 415 g/mol. The van der Waals surface area contributed by atoms with Gasteiger partial charge in [-0.05, 0) is 26.0 Å². The predicted molar refractivity (Wildman–Crippen MR) is 109 cm³/mol. The summed E-state index contributed by atoms with van der Waals surface area (Å²) in [5.74, 6) is -2.80. The van der Waals surface area contributed by atoms with Gasteiger partial charge in [0, 0.05) is 12.1 Å². The van der Waals surface area contributed by atoms with E-state index in [1.807, 2.05) is 30.3 Å². The summed E-state index contributed by atoms with van der Waals surface area (Å²) in [5.41, 5.74) is 0.825. The van der Waals surface area contributed by atoms with Crippen molar-refractivity contribution in [3.05, 3.63) is 70.1 Å². The van der Waals surface area contributed by atoms with Crippen LogP contribution in [0.4, 0.5) is 14.5 Å². The van der Waals surface area contributed by atoms with Crippen LogP contribution in [0.2, 0.25) is 0 Å². The lowest BCUT2D eigenvalue weighted by Crippen LogP contribution is -2.38. The number of halogens is 2. The van der Waals surface area contributed by atoms with Crippen LogP contribution in [0.1, 0.15) is 21.6 Å². The Bertz CT molecular complexity index is 1020. The van der Waals surface area contributed by atoms with Gasteiger partial charge in [0.15, 0.2) is 0 Å². The number of anilines is 1. The van der Waals surface area contributed by atoms with E-state index in [2.05, 4.69) is 10.3 Å². The van der Waals surface area contributed by atoms with E-state index in [-0.39, 0.29) is 19.0 Å². The van der Waals surface area contributed by atoms with Gasteiger partial charge in [0.2, 0.25) is 5.91 Å². The van der Waals surface area contributed by atoms with Crippen LogP contribution in [0.15, 0.2) is 48.5 Å². The van der Waals surface area contributed by atoms with Crippen LogP contribution < -0.4 is 5.32 Å². The number of carbonyl (C=O) groups is 2. The second-order valence-electron chi connectivity index (χ2n) is 6.24. The molecular formula is C21H19F2N3O2S. The van der Waals surface area contributed by atoms with E-state index in [9.17, 15) is 18.4 Å². The SMILES string of the molecule is CCN(CC(=O)Nc1c(F)cccc1F)C(=O)c1sc(C)nc1-c1ccccc1. The first-order valence-electron chi connectivity index (χ1n) is 8.96. The molecule has 0 saturated carbocycles. The minimum atomic E-state index is -0.878. The van der Waals surface area contributed by atoms with Crippen molar-refractivity contribution in [2.24, 2.45) is 0 Å². The molecule has 0 spiro atoms. The maximum atomic E-state index is 13.8. The normalized spacial score (nSPS) is 10.6. The molecule has 2 aromatic carbocycles. The molecule has 0 saturated heterocycles. The Morgan fingerprint density at radius 3 is 2.34 bits per heavy atom. The van der Waals surface area contributed by atoms with Gasteiger partial charge < -0.3 is 10.2 Å². The molecule has 0 aliphatic carbocycles. The fourth-order valence-electron chi connectivity index (χ4n) is 2.80. The minimum Gasteiger partial charge on any atom is -0.329 e. The number of nitrogens with zero attached hydrogens (tertiary/aromatic N) is 2. The van der Waals surface area contributed by atoms with E-state index in [0.29, 0.717) is 10.6 Å². The number of hydrogen-bond donors (Lipinski definition) is 1. The molecule has 0 radical (unpaired) electrons. The number of nitrogens with one attached hydrogen (secondary N) is 1. The van der Waals surface area contributed by atoms with E-state index in [0.717, 1.165) is 22.7 Å². The summed E-state index contributed by atoms with van der Waals surface area (Å²) in [6.07, 6.45) is 0. The first-order chi connectivity index (χ1) is 13.9. The van der Waals surface area contributed by atoms with Crippen LogP contribution in [0.3, 0.4) is 0 Å². The number of para-hydroxylation sites is 1. The second kappa shape index (κ2) is 8.91.